The summed E-state index contributed by atoms with van der Waals surface area (Å²) >= 11 is 0. The van der Waals surface area contributed by atoms with Crippen molar-refractivity contribution < 1.29 is 9.90 Å². The highest BCUT2D eigenvalue weighted by Gasteiger charge is 2.45. The molecule has 0 aliphatic heterocycles. The first-order chi connectivity index (χ1) is 11.1. The summed E-state index contributed by atoms with van der Waals surface area (Å²) in [6.07, 6.45) is 6.41. The van der Waals surface area contributed by atoms with Crippen molar-refractivity contribution in [2.75, 3.05) is 20.2 Å². The van der Waals surface area contributed by atoms with Crippen LogP contribution in [0, 0.1) is 5.92 Å². The summed E-state index contributed by atoms with van der Waals surface area (Å²) in [7, 11) is 1.90. The van der Waals surface area contributed by atoms with Crippen LogP contribution in [0.2, 0.25) is 0 Å². The van der Waals surface area contributed by atoms with E-state index in [1.807, 2.05) is 18.0 Å². The fourth-order valence-corrected chi connectivity index (χ4v) is 4.01. The number of carbonyl (C=O) groups excluding carboxylic acids is 1. The fourth-order valence-electron chi connectivity index (χ4n) is 4.01. The Balaban J connectivity index is 1.56. The van der Waals surface area contributed by atoms with Crippen LogP contribution in [0.15, 0.2) is 30.3 Å². The van der Waals surface area contributed by atoms with Gasteiger partial charge in [-0.2, -0.15) is 0 Å². The van der Waals surface area contributed by atoms with E-state index >= 15 is 0 Å². The van der Waals surface area contributed by atoms with Gasteiger partial charge in [0.2, 0.25) is 0 Å². The molecule has 2 aliphatic carbocycles. The second kappa shape index (κ2) is 6.91. The van der Waals surface area contributed by atoms with Gasteiger partial charge in [0.1, 0.15) is 0 Å². The quantitative estimate of drug-likeness (QED) is 0.848. The number of likely N-dealkylation sites (N-methyl/N-ethyl adjacent to an activating group) is 1. The van der Waals surface area contributed by atoms with Gasteiger partial charge in [0.25, 0.3) is 0 Å². The minimum atomic E-state index is 0.0297. The molecule has 0 bridgehead atoms. The molecule has 1 aromatic carbocycles. The van der Waals surface area contributed by atoms with Gasteiger partial charge in [0, 0.05) is 31.7 Å². The SMILES string of the molecule is CN(CC1(c2ccccc2)CC1)C(=O)N[C@@H]1CCC[C@@H]1CCO. The van der Waals surface area contributed by atoms with Gasteiger partial charge in [-0.3, -0.25) is 0 Å². The molecule has 1 aromatic rings. The third-order valence-electron chi connectivity index (χ3n) is 5.59. The molecule has 2 saturated carbocycles. The molecule has 2 fully saturated rings. The van der Waals surface area contributed by atoms with E-state index in [4.69, 9.17) is 5.11 Å². The van der Waals surface area contributed by atoms with Crippen molar-refractivity contribution >= 4 is 6.03 Å². The van der Waals surface area contributed by atoms with E-state index < -0.39 is 0 Å². The van der Waals surface area contributed by atoms with E-state index in [0.29, 0.717) is 5.92 Å². The Morgan fingerprint density at radius 1 is 1.30 bits per heavy atom. The number of hydrogen-bond acceptors (Lipinski definition) is 2. The second-order valence-electron chi connectivity index (χ2n) is 7.26. The minimum absolute atomic E-state index is 0.0297. The number of aliphatic hydroxyl groups is 1. The summed E-state index contributed by atoms with van der Waals surface area (Å²) in [5, 5.41) is 12.3. The number of nitrogens with one attached hydrogen (secondary N) is 1. The van der Waals surface area contributed by atoms with E-state index in [0.717, 1.165) is 45.1 Å². The van der Waals surface area contributed by atoms with Crippen LogP contribution in [0.4, 0.5) is 4.79 Å². The highest BCUT2D eigenvalue weighted by atomic mass is 16.3. The Hall–Kier alpha value is -1.55. The molecule has 2 aliphatic rings. The molecule has 0 heterocycles. The van der Waals surface area contributed by atoms with Gasteiger partial charge in [-0.25, -0.2) is 4.79 Å². The maximum Gasteiger partial charge on any atom is 0.317 e. The van der Waals surface area contributed by atoms with E-state index in [1.165, 1.54) is 5.56 Å². The normalized spacial score (nSPS) is 25.1. The zero-order valence-electron chi connectivity index (χ0n) is 14.0. The number of amides is 2. The first-order valence-corrected chi connectivity index (χ1v) is 8.83. The summed E-state index contributed by atoms with van der Waals surface area (Å²) < 4.78 is 0. The lowest BCUT2D eigenvalue weighted by atomic mass is 9.95. The Kier molecular flexibility index (Phi) is 4.90. The van der Waals surface area contributed by atoms with Gasteiger partial charge >= 0.3 is 6.03 Å². The molecule has 2 atom stereocenters. The van der Waals surface area contributed by atoms with E-state index in [2.05, 4.69) is 29.6 Å². The summed E-state index contributed by atoms with van der Waals surface area (Å²) in [4.78, 5) is 14.4. The van der Waals surface area contributed by atoms with Crippen LogP contribution in [0.25, 0.3) is 0 Å². The van der Waals surface area contributed by atoms with Gasteiger partial charge in [-0.1, -0.05) is 36.8 Å². The number of aliphatic hydroxyl groups excluding tert-OH is 1. The Morgan fingerprint density at radius 3 is 2.70 bits per heavy atom. The molecule has 4 heteroatoms. The van der Waals surface area contributed by atoms with E-state index in [9.17, 15) is 4.79 Å². The van der Waals surface area contributed by atoms with Crippen molar-refractivity contribution in [2.45, 2.75) is 50.0 Å². The molecule has 126 valence electrons. The van der Waals surface area contributed by atoms with Crippen molar-refractivity contribution in [1.29, 1.82) is 0 Å². The van der Waals surface area contributed by atoms with Crippen molar-refractivity contribution in [1.82, 2.24) is 10.2 Å². The molecule has 23 heavy (non-hydrogen) atoms. The summed E-state index contributed by atoms with van der Waals surface area (Å²) in [6.45, 7) is 0.990. The molecule has 0 radical (unpaired) electrons. The summed E-state index contributed by atoms with van der Waals surface area (Å²) in [5.74, 6) is 0.432. The summed E-state index contributed by atoms with van der Waals surface area (Å²) in [5.41, 5.74) is 1.51. The fraction of sp³-hybridized carbons (Fsp3) is 0.632. The number of rotatable bonds is 6. The van der Waals surface area contributed by atoms with Gasteiger partial charge in [-0.05, 0) is 43.6 Å². The van der Waals surface area contributed by atoms with Gasteiger partial charge in [-0.15, -0.1) is 0 Å². The van der Waals surface area contributed by atoms with E-state index in [-0.39, 0.29) is 24.1 Å². The molecular weight excluding hydrogens is 288 g/mol. The number of carbonyl (C=O) groups is 1. The summed E-state index contributed by atoms with van der Waals surface area (Å²) in [6, 6.07) is 10.8. The predicted molar refractivity (Wildman–Crippen MR) is 91.3 cm³/mol. The lowest BCUT2D eigenvalue weighted by Crippen LogP contribution is -2.46. The van der Waals surface area contributed by atoms with Crippen LogP contribution in [0.1, 0.15) is 44.1 Å². The van der Waals surface area contributed by atoms with Crippen LogP contribution < -0.4 is 5.32 Å². The molecule has 2 N–H and O–H groups in total. The zero-order valence-corrected chi connectivity index (χ0v) is 14.0. The third-order valence-corrected chi connectivity index (χ3v) is 5.59. The Labute approximate surface area is 138 Å². The number of hydrogen-bond donors (Lipinski definition) is 2. The van der Waals surface area contributed by atoms with E-state index in [1.54, 1.807) is 0 Å². The monoisotopic (exact) mass is 316 g/mol. The highest BCUT2D eigenvalue weighted by molar-refractivity contribution is 5.74. The Morgan fingerprint density at radius 2 is 2.04 bits per heavy atom. The molecule has 3 rings (SSSR count). The van der Waals surface area contributed by atoms with Gasteiger partial charge in [0.15, 0.2) is 0 Å². The van der Waals surface area contributed by atoms with Crippen LogP contribution >= 0.6 is 0 Å². The standard InChI is InChI=1S/C19H28N2O2/c1-21(14-19(11-12-19)16-7-3-2-4-8-16)18(23)20-17-9-5-6-15(17)10-13-22/h2-4,7-8,15,17,22H,5-6,9-14H2,1H3,(H,20,23)/t15-,17-/m1/s1. The Bertz CT molecular complexity index is 527. The largest absolute Gasteiger partial charge is 0.396 e. The maximum absolute atomic E-state index is 12.5. The van der Waals surface area contributed by atoms with Crippen LogP contribution in [-0.2, 0) is 5.41 Å². The smallest absolute Gasteiger partial charge is 0.317 e. The molecule has 0 aromatic heterocycles. The molecule has 4 nitrogen and oxygen atoms in total. The second-order valence-corrected chi connectivity index (χ2v) is 7.26. The number of nitrogens with zero attached hydrogens (tertiary/aromatic N) is 1. The van der Waals surface area contributed by atoms with Crippen molar-refractivity contribution in [3.05, 3.63) is 35.9 Å². The van der Waals surface area contributed by atoms with Crippen molar-refractivity contribution in [3.63, 3.8) is 0 Å². The molecule has 2 amide bonds. The first-order valence-electron chi connectivity index (χ1n) is 8.83. The molecule has 0 spiro atoms. The van der Waals surface area contributed by atoms with Gasteiger partial charge < -0.3 is 15.3 Å². The average molecular weight is 316 g/mol. The molecule has 0 saturated heterocycles. The van der Waals surface area contributed by atoms with Gasteiger partial charge in [0.05, 0.1) is 0 Å². The van der Waals surface area contributed by atoms with Crippen molar-refractivity contribution in [3.8, 4) is 0 Å². The topological polar surface area (TPSA) is 52.6 Å². The molecular formula is C19H28N2O2. The van der Waals surface area contributed by atoms with Crippen LogP contribution in [0.3, 0.4) is 0 Å². The highest BCUT2D eigenvalue weighted by Crippen LogP contribution is 2.48. The zero-order chi connectivity index (χ0) is 16.3. The van der Waals surface area contributed by atoms with Crippen LogP contribution in [-0.4, -0.2) is 42.3 Å². The third kappa shape index (κ3) is 3.69. The lowest BCUT2D eigenvalue weighted by Gasteiger charge is -2.28. The predicted octanol–water partition coefficient (Wildman–Crippen LogP) is 2.91. The minimum Gasteiger partial charge on any atom is -0.396 e. The molecule has 0 unspecified atom stereocenters. The van der Waals surface area contributed by atoms with Crippen LogP contribution in [0.5, 0.6) is 0 Å². The lowest BCUT2D eigenvalue weighted by molar-refractivity contribution is 0.191. The number of urea groups is 1. The van der Waals surface area contributed by atoms with Crippen molar-refractivity contribution in [2.24, 2.45) is 5.92 Å². The first kappa shape index (κ1) is 16.3. The average Bonchev–Trinajstić information content (AvgIpc) is 3.22. The maximum atomic E-state index is 12.5. The number of benzene rings is 1.